The van der Waals surface area contributed by atoms with Gasteiger partial charge in [0.1, 0.15) is 0 Å². The Balaban J connectivity index is 1.58. The van der Waals surface area contributed by atoms with Gasteiger partial charge in [0.25, 0.3) is 0 Å². The van der Waals surface area contributed by atoms with E-state index >= 15 is 0 Å². The Morgan fingerprint density at radius 1 is 1.29 bits per heavy atom. The Morgan fingerprint density at radius 3 is 2.93 bits per heavy atom. The lowest BCUT2D eigenvalue weighted by atomic mass is 10.2. The van der Waals surface area contributed by atoms with Gasteiger partial charge in [-0.2, -0.15) is 5.10 Å². The summed E-state index contributed by atoms with van der Waals surface area (Å²) in [6.45, 7) is 0. The third kappa shape index (κ3) is 4.09. The zero-order chi connectivity index (χ0) is 19.7. The molecule has 0 aliphatic rings. The molecule has 0 bridgehead atoms. The van der Waals surface area contributed by atoms with E-state index in [1.54, 1.807) is 17.8 Å². The van der Waals surface area contributed by atoms with Crippen LogP contribution < -0.4 is 4.74 Å². The summed E-state index contributed by atoms with van der Waals surface area (Å²) in [6, 6.07) is 11.4. The first-order valence-corrected chi connectivity index (χ1v) is 9.74. The van der Waals surface area contributed by atoms with E-state index in [0.717, 1.165) is 21.7 Å². The molecule has 0 amide bonds. The Hall–Kier alpha value is -2.68. The normalized spacial score (nSPS) is 11.1. The van der Waals surface area contributed by atoms with Crippen molar-refractivity contribution in [1.29, 1.82) is 0 Å². The highest BCUT2D eigenvalue weighted by atomic mass is 35.5. The first-order valence-electron chi connectivity index (χ1n) is 8.00. The maximum Gasteiger partial charge on any atom is 0.511 e. The zero-order valence-corrected chi connectivity index (χ0v) is 16.4. The predicted octanol–water partition coefficient (Wildman–Crippen LogP) is 5.40. The van der Waals surface area contributed by atoms with Crippen molar-refractivity contribution < 1.29 is 14.6 Å². The number of rotatable bonds is 5. The van der Waals surface area contributed by atoms with Gasteiger partial charge in [0.05, 0.1) is 28.4 Å². The summed E-state index contributed by atoms with van der Waals surface area (Å²) in [5.41, 5.74) is 2.55. The number of imidazole rings is 1. The van der Waals surface area contributed by atoms with Gasteiger partial charge in [-0.15, -0.1) is 11.8 Å². The van der Waals surface area contributed by atoms with Gasteiger partial charge in [0, 0.05) is 15.7 Å². The molecular formula is C18H12Cl2N4O3S. The van der Waals surface area contributed by atoms with Crippen molar-refractivity contribution >= 4 is 52.2 Å². The largest absolute Gasteiger partial charge is 0.511 e. The van der Waals surface area contributed by atoms with E-state index in [0.29, 0.717) is 21.5 Å². The van der Waals surface area contributed by atoms with E-state index in [-0.39, 0.29) is 5.75 Å². The lowest BCUT2D eigenvalue weighted by molar-refractivity contribution is 0.144. The topological polar surface area (TPSA) is 93.0 Å². The first-order chi connectivity index (χ1) is 13.5. The van der Waals surface area contributed by atoms with Crippen molar-refractivity contribution in [2.24, 2.45) is 0 Å². The van der Waals surface area contributed by atoms with Crippen LogP contribution in [0.3, 0.4) is 0 Å². The van der Waals surface area contributed by atoms with Crippen LogP contribution in [-0.2, 0) is 5.75 Å². The van der Waals surface area contributed by atoms with Gasteiger partial charge in [-0.05, 0) is 29.8 Å². The molecule has 0 aliphatic carbocycles. The molecule has 2 aromatic carbocycles. The van der Waals surface area contributed by atoms with Crippen LogP contribution in [0.4, 0.5) is 4.79 Å². The van der Waals surface area contributed by atoms with E-state index in [9.17, 15) is 4.79 Å². The number of ether oxygens (including phenoxy) is 1. The van der Waals surface area contributed by atoms with Crippen LogP contribution >= 0.6 is 35.0 Å². The van der Waals surface area contributed by atoms with E-state index in [1.165, 1.54) is 17.1 Å². The number of halogens is 2. The fraction of sp³-hybridized carbons (Fsp3) is 0.0556. The van der Waals surface area contributed by atoms with Crippen LogP contribution in [0.2, 0.25) is 10.0 Å². The molecule has 0 fully saturated rings. The molecular weight excluding hydrogens is 423 g/mol. The van der Waals surface area contributed by atoms with Gasteiger partial charge in [-0.3, -0.25) is 0 Å². The smallest absolute Gasteiger partial charge is 0.449 e. The minimum atomic E-state index is -1.41. The number of hydrogen-bond acceptors (Lipinski definition) is 5. The lowest BCUT2D eigenvalue weighted by Crippen LogP contribution is -2.02. The average molecular weight is 435 g/mol. The molecule has 0 saturated heterocycles. The molecule has 2 aromatic heterocycles. The van der Waals surface area contributed by atoms with E-state index < -0.39 is 6.16 Å². The van der Waals surface area contributed by atoms with Crippen molar-refractivity contribution in [2.45, 2.75) is 10.6 Å². The van der Waals surface area contributed by atoms with Crippen LogP contribution in [0.25, 0.3) is 17.0 Å². The molecule has 0 atom stereocenters. The molecule has 7 nitrogen and oxygen atoms in total. The Labute approximate surface area is 173 Å². The molecule has 4 rings (SSSR count). The monoisotopic (exact) mass is 434 g/mol. The highest BCUT2D eigenvalue weighted by Gasteiger charge is 2.12. The summed E-state index contributed by atoms with van der Waals surface area (Å²) in [6.07, 6.45) is 1.31. The van der Waals surface area contributed by atoms with Crippen molar-refractivity contribution in [3.8, 4) is 11.7 Å². The van der Waals surface area contributed by atoms with Gasteiger partial charge in [0.2, 0.25) is 5.95 Å². The third-order valence-electron chi connectivity index (χ3n) is 3.79. The Kier molecular flexibility index (Phi) is 5.17. The second-order valence-corrected chi connectivity index (χ2v) is 7.63. The first kappa shape index (κ1) is 18.7. The molecule has 4 aromatic rings. The average Bonchev–Trinajstić information content (AvgIpc) is 3.25. The van der Waals surface area contributed by atoms with Crippen LogP contribution in [-0.4, -0.2) is 31.0 Å². The lowest BCUT2D eigenvalue weighted by Gasteiger charge is -2.05. The van der Waals surface area contributed by atoms with Crippen molar-refractivity contribution in [1.82, 2.24) is 19.7 Å². The van der Waals surface area contributed by atoms with Gasteiger partial charge >= 0.3 is 6.16 Å². The maximum absolute atomic E-state index is 10.6. The maximum atomic E-state index is 10.6. The molecule has 0 radical (unpaired) electrons. The highest BCUT2D eigenvalue weighted by Crippen LogP contribution is 2.33. The quantitative estimate of drug-likeness (QED) is 0.322. The van der Waals surface area contributed by atoms with Gasteiger partial charge < -0.3 is 14.8 Å². The van der Waals surface area contributed by atoms with Crippen LogP contribution in [0.15, 0.2) is 53.7 Å². The standard InChI is InChI=1S/C18H12Cl2N4O3S/c19-11-3-1-2-10(4-11)9-28-16-6-15-14(5-13(16)20)22-17(23-15)24-8-12(7-21-24)27-18(25)26/h1-8H,9H2,(H,22,23)(H,25,26). The SMILES string of the molecule is O=C(O)Oc1cnn(-c2nc3cc(SCc4cccc(Cl)c4)c(Cl)cc3[nH]2)c1. The number of carboxylic acid groups (broad SMARTS) is 1. The summed E-state index contributed by atoms with van der Waals surface area (Å²) < 4.78 is 5.96. The highest BCUT2D eigenvalue weighted by molar-refractivity contribution is 7.98. The molecule has 2 N–H and O–H groups in total. The van der Waals surface area contributed by atoms with Crippen LogP contribution in [0, 0.1) is 0 Å². The number of aromatic amines is 1. The fourth-order valence-electron chi connectivity index (χ4n) is 2.58. The molecule has 0 unspecified atom stereocenters. The van der Waals surface area contributed by atoms with E-state index in [1.807, 2.05) is 30.3 Å². The molecule has 28 heavy (non-hydrogen) atoms. The summed E-state index contributed by atoms with van der Waals surface area (Å²) >= 11 is 14.0. The number of thioether (sulfide) groups is 1. The molecule has 0 saturated carbocycles. The zero-order valence-electron chi connectivity index (χ0n) is 14.1. The third-order valence-corrected chi connectivity index (χ3v) is 5.57. The summed E-state index contributed by atoms with van der Waals surface area (Å²) in [4.78, 5) is 19.1. The number of carbonyl (C=O) groups is 1. The Morgan fingerprint density at radius 2 is 2.14 bits per heavy atom. The van der Waals surface area contributed by atoms with Crippen molar-refractivity contribution in [3.05, 3.63) is 64.4 Å². The number of H-pyrrole nitrogens is 1. The van der Waals surface area contributed by atoms with Gasteiger partial charge in [0.15, 0.2) is 5.75 Å². The second kappa shape index (κ2) is 7.75. The summed E-state index contributed by atoms with van der Waals surface area (Å²) in [7, 11) is 0. The van der Waals surface area contributed by atoms with E-state index in [4.69, 9.17) is 28.3 Å². The summed E-state index contributed by atoms with van der Waals surface area (Å²) in [5.74, 6) is 1.24. The minimum Gasteiger partial charge on any atom is -0.449 e. The minimum absolute atomic E-state index is 0.101. The number of aromatic nitrogens is 4. The van der Waals surface area contributed by atoms with Crippen molar-refractivity contribution in [3.63, 3.8) is 0 Å². The van der Waals surface area contributed by atoms with Crippen molar-refractivity contribution in [2.75, 3.05) is 0 Å². The molecule has 2 heterocycles. The number of nitrogens with zero attached hydrogens (tertiary/aromatic N) is 3. The Bertz CT molecular complexity index is 1170. The van der Waals surface area contributed by atoms with Crippen LogP contribution in [0.1, 0.15) is 5.56 Å². The number of fused-ring (bicyclic) bond motifs is 1. The molecule has 0 spiro atoms. The van der Waals surface area contributed by atoms with Gasteiger partial charge in [-0.25, -0.2) is 14.5 Å². The number of hydrogen-bond donors (Lipinski definition) is 2. The fourth-order valence-corrected chi connectivity index (χ4v) is 4.01. The molecule has 10 heteroatoms. The number of nitrogens with one attached hydrogen (secondary N) is 1. The van der Waals surface area contributed by atoms with E-state index in [2.05, 4.69) is 19.8 Å². The number of benzene rings is 2. The van der Waals surface area contributed by atoms with Gasteiger partial charge in [-0.1, -0.05) is 35.3 Å². The summed E-state index contributed by atoms with van der Waals surface area (Å²) in [5, 5.41) is 14.0. The predicted molar refractivity (Wildman–Crippen MR) is 108 cm³/mol. The second-order valence-electron chi connectivity index (χ2n) is 5.77. The molecule has 142 valence electrons. The molecule has 0 aliphatic heterocycles. The van der Waals surface area contributed by atoms with Crippen LogP contribution in [0.5, 0.6) is 5.75 Å².